The second-order valence-electron chi connectivity index (χ2n) is 26.1. The minimum atomic E-state index is -3.65. The van der Waals surface area contributed by atoms with Crippen LogP contribution < -0.4 is 21.3 Å². The Balaban J connectivity index is 0.000000213. The van der Waals surface area contributed by atoms with Crippen LogP contribution in [0.1, 0.15) is 59.6 Å². The van der Waals surface area contributed by atoms with Crippen molar-refractivity contribution in [3.8, 4) is 0 Å². The number of hydrogen-bond donors (Lipinski definition) is 4. The molecule has 4 aliphatic rings. The largest absolute Gasteiger partial charge is 0.467 e. The topological polar surface area (TPSA) is 286 Å². The highest BCUT2D eigenvalue weighted by Crippen LogP contribution is 2.31. The number of benzene rings is 4. The van der Waals surface area contributed by atoms with E-state index in [0.29, 0.717) is 122 Å². The molecule has 4 N–H and O–H groups in total. The van der Waals surface area contributed by atoms with Crippen LogP contribution in [0.4, 0.5) is 30.6 Å². The molecule has 2 saturated heterocycles. The minimum absolute atomic E-state index is 0.00634. The zero-order valence-electron chi connectivity index (χ0n) is 53.0. The van der Waals surface area contributed by atoms with E-state index in [1.54, 1.807) is 60.0 Å². The van der Waals surface area contributed by atoms with Crippen LogP contribution in [-0.4, -0.2) is 183 Å². The number of methoxy groups -OCH3 is 2. The lowest BCUT2D eigenvalue weighted by Gasteiger charge is -2.40. The van der Waals surface area contributed by atoms with E-state index >= 15 is 0 Å². The highest BCUT2D eigenvalue weighted by Gasteiger charge is 2.37. The van der Waals surface area contributed by atoms with E-state index in [1.807, 2.05) is 58.3 Å². The molecular formula is C62H84N12O12S2Si2. The van der Waals surface area contributed by atoms with Crippen molar-refractivity contribution in [2.24, 2.45) is 0 Å². The molecule has 0 radical (unpaired) electrons. The molecule has 10 rings (SSSR count). The number of nitrogens with one attached hydrogen (secondary N) is 4. The first-order valence-electron chi connectivity index (χ1n) is 30.5. The number of rotatable bonds is 18. The number of anilines is 2. The highest BCUT2D eigenvalue weighted by molar-refractivity contribution is 7.90. The number of esters is 2. The van der Waals surface area contributed by atoms with Gasteiger partial charge in [-0.15, -0.1) is 0 Å². The van der Waals surface area contributed by atoms with Gasteiger partial charge in [0.05, 0.1) is 47.8 Å². The fourth-order valence-electron chi connectivity index (χ4n) is 11.9. The number of urea groups is 4. The first-order chi connectivity index (χ1) is 42.5. The highest BCUT2D eigenvalue weighted by atomic mass is 32.2. The number of likely N-dealkylation sites (tertiary alicyclic amines) is 2. The van der Waals surface area contributed by atoms with Gasteiger partial charge in [0.2, 0.25) is 20.0 Å². The van der Waals surface area contributed by atoms with Crippen LogP contribution in [0, 0.1) is 13.8 Å². The molecule has 0 unspecified atom stereocenters. The summed E-state index contributed by atoms with van der Waals surface area (Å²) in [6, 6.07) is 24.2. The monoisotopic (exact) mass is 1310 g/mol. The van der Waals surface area contributed by atoms with E-state index in [9.17, 15) is 45.6 Å². The Morgan fingerprint density at radius 2 is 0.967 bits per heavy atom. The third kappa shape index (κ3) is 15.8. The molecular weight excluding hydrogens is 1230 g/mol. The van der Waals surface area contributed by atoms with Gasteiger partial charge in [-0.2, -0.15) is 0 Å². The Hall–Kier alpha value is -7.83. The zero-order chi connectivity index (χ0) is 65.0. The summed E-state index contributed by atoms with van der Waals surface area (Å²) in [4.78, 5) is 93.5. The van der Waals surface area contributed by atoms with E-state index in [4.69, 9.17) is 9.47 Å². The lowest BCUT2D eigenvalue weighted by atomic mass is 10.0. The van der Waals surface area contributed by atoms with Gasteiger partial charge < -0.3 is 50.3 Å². The first kappa shape index (κ1) is 66.6. The number of carbonyl (C=O) groups is 6. The van der Waals surface area contributed by atoms with E-state index < -0.39 is 66.2 Å². The maximum Gasteiger partial charge on any atom is 0.328 e. The summed E-state index contributed by atoms with van der Waals surface area (Å²) in [5, 5.41) is 11.5. The van der Waals surface area contributed by atoms with Gasteiger partial charge in [-0.05, 0) is 110 Å². The summed E-state index contributed by atoms with van der Waals surface area (Å²) >= 11 is 0. The molecule has 2 aromatic heterocycles. The van der Waals surface area contributed by atoms with Crippen LogP contribution in [0.3, 0.4) is 0 Å². The second-order valence-corrected chi connectivity index (χ2v) is 41.2. The quantitative estimate of drug-likeness (QED) is 0.0465. The standard InChI is InChI=1S/2C31H42N6O6SSi/c1-21-32-26-18-22(10-11-28(26)37(21)44(41,42)16-17-45(3,4)5)19-27(29(38)43-2)34-30(39)35-14-12-24(13-15-35)36-20-23-8-6-7-9-25(23)33-31(36)40;1-21-32-26-11-10-22(19-28(26)37(21)44(41,42)16-17-45(3,4)5)18-27(29(38)43-2)34-30(39)35-14-12-24(13-15-35)36-20-23-8-6-7-9-25(23)33-31(36)40/h6-11,18,24,27H,12-17,19-20H2,1-5H3,(H,33,40)(H,34,39);6-11,19,24,27H,12-18,20H2,1-5H3,(H,33,40)(H,34,39)/t2*27-/m11/s1. The SMILES string of the molecule is COC(=O)[C@@H](Cc1ccc2c(c1)nc(C)n2S(=O)(=O)CC[Si](C)(C)C)NC(=O)N1CCC(N2Cc3ccccc3NC2=O)CC1.COC(=O)[C@@H](Cc1ccc2nc(C)n(S(=O)(=O)CC[Si](C)(C)C)c2c1)NC(=O)N1CCC(N2Cc3ccccc3NC2=O)CC1. The Bertz CT molecular complexity index is 3920. The lowest BCUT2D eigenvalue weighted by Crippen LogP contribution is -2.54. The smallest absolute Gasteiger partial charge is 0.328 e. The van der Waals surface area contributed by atoms with Gasteiger partial charge in [-0.1, -0.05) is 87.8 Å². The van der Waals surface area contributed by atoms with Crippen molar-refractivity contribution in [2.75, 3.05) is 62.5 Å². The predicted octanol–water partition coefficient (Wildman–Crippen LogP) is 8.33. The molecule has 0 bridgehead atoms. The normalized spacial score (nSPS) is 16.7. The summed E-state index contributed by atoms with van der Waals surface area (Å²) in [6.07, 6.45) is 2.71. The fraction of sp³-hybridized carbons (Fsp3) is 0.484. The summed E-state index contributed by atoms with van der Waals surface area (Å²) < 4.78 is 65.8. The summed E-state index contributed by atoms with van der Waals surface area (Å²) in [6.45, 7) is 18.9. The molecule has 0 aliphatic carbocycles. The number of nitrogens with zero attached hydrogens (tertiary/aromatic N) is 8. The van der Waals surface area contributed by atoms with E-state index in [2.05, 4.69) is 70.5 Å². The van der Waals surface area contributed by atoms with Crippen molar-refractivity contribution in [1.82, 2.24) is 48.1 Å². The number of imidazole rings is 2. The Morgan fingerprint density at radius 3 is 1.40 bits per heavy atom. The Morgan fingerprint density at radius 1 is 0.567 bits per heavy atom. The number of hydrogen-bond acceptors (Lipinski definition) is 14. The second kappa shape index (κ2) is 27.3. The molecule has 2 fully saturated rings. The van der Waals surface area contributed by atoms with Crippen molar-refractivity contribution >= 4 is 106 Å². The first-order valence-corrected chi connectivity index (χ1v) is 41.1. The average Bonchev–Trinajstić information content (AvgIpc) is 1.60. The lowest BCUT2D eigenvalue weighted by molar-refractivity contribution is -0.143. The maximum absolute atomic E-state index is 13.4. The number of carbonyl (C=O) groups excluding carboxylic acids is 6. The van der Waals surface area contributed by atoms with Crippen LogP contribution in [0.25, 0.3) is 22.1 Å². The Kier molecular flexibility index (Phi) is 20.2. The van der Waals surface area contributed by atoms with Crippen LogP contribution >= 0.6 is 0 Å². The molecule has 6 aromatic rings. The van der Waals surface area contributed by atoms with E-state index in [1.165, 1.54) is 22.2 Å². The number of piperidine rings is 2. The van der Waals surface area contributed by atoms with Gasteiger partial charge in [0, 0.05) is 91.7 Å². The summed E-state index contributed by atoms with van der Waals surface area (Å²) in [7, 11) is -7.87. The molecule has 4 aromatic carbocycles. The van der Waals surface area contributed by atoms with Crippen molar-refractivity contribution in [3.05, 3.63) is 119 Å². The number of para-hydroxylation sites is 2. The molecule has 0 spiro atoms. The molecule has 24 nitrogen and oxygen atoms in total. The molecule has 0 saturated carbocycles. The summed E-state index contributed by atoms with van der Waals surface area (Å²) in [5.41, 5.74) is 7.11. The third-order valence-electron chi connectivity index (χ3n) is 17.0. The van der Waals surface area contributed by atoms with Crippen LogP contribution in [-0.2, 0) is 65.0 Å². The number of fused-ring (bicyclic) bond motifs is 4. The number of amides is 8. The van der Waals surface area contributed by atoms with Crippen LogP contribution in [0.2, 0.25) is 51.4 Å². The van der Waals surface area contributed by atoms with Crippen LogP contribution in [0.5, 0.6) is 0 Å². The average molecular weight is 1310 g/mol. The number of aryl methyl sites for hydroxylation is 2. The van der Waals surface area contributed by atoms with Crippen molar-refractivity contribution in [1.29, 1.82) is 0 Å². The van der Waals surface area contributed by atoms with Gasteiger partial charge in [0.25, 0.3) is 0 Å². The van der Waals surface area contributed by atoms with Gasteiger partial charge >= 0.3 is 36.1 Å². The minimum Gasteiger partial charge on any atom is -0.467 e. The zero-order valence-corrected chi connectivity index (χ0v) is 56.6. The predicted molar refractivity (Wildman–Crippen MR) is 351 cm³/mol. The number of aromatic nitrogens is 4. The molecule has 4 aliphatic heterocycles. The van der Waals surface area contributed by atoms with Gasteiger partial charge in [-0.25, -0.2) is 63.5 Å². The van der Waals surface area contributed by atoms with Gasteiger partial charge in [0.15, 0.2) is 0 Å². The maximum atomic E-state index is 13.4. The molecule has 6 heterocycles. The van der Waals surface area contributed by atoms with Crippen molar-refractivity contribution in [3.63, 3.8) is 0 Å². The van der Waals surface area contributed by atoms with Crippen molar-refractivity contribution < 1.29 is 55.1 Å². The molecule has 8 amide bonds. The fourth-order valence-corrected chi connectivity index (χ4v) is 21.0. The van der Waals surface area contributed by atoms with Gasteiger partial charge in [0.1, 0.15) is 23.7 Å². The Labute approximate surface area is 528 Å². The molecule has 2 atom stereocenters. The van der Waals surface area contributed by atoms with Crippen LogP contribution in [0.15, 0.2) is 84.9 Å². The van der Waals surface area contributed by atoms with Crippen molar-refractivity contribution in [2.45, 2.75) is 141 Å². The molecule has 484 valence electrons. The molecule has 90 heavy (non-hydrogen) atoms. The molecule has 28 heteroatoms. The third-order valence-corrected chi connectivity index (χ3v) is 24.7. The van der Waals surface area contributed by atoms with E-state index in [-0.39, 0.29) is 54.5 Å². The number of ether oxygens (including phenoxy) is 2. The van der Waals surface area contributed by atoms with E-state index in [0.717, 1.165) is 22.5 Å². The van der Waals surface area contributed by atoms with Gasteiger partial charge in [-0.3, -0.25) is 0 Å². The summed E-state index contributed by atoms with van der Waals surface area (Å²) in [5.74, 6) is -0.335.